The van der Waals surface area contributed by atoms with Crippen LogP contribution in [0.2, 0.25) is 0 Å². The second kappa shape index (κ2) is 5.69. The maximum atomic E-state index is 14.0. The second-order valence-electron chi connectivity index (χ2n) is 4.73. The van der Waals surface area contributed by atoms with Gasteiger partial charge in [-0.2, -0.15) is 4.98 Å². The van der Waals surface area contributed by atoms with Gasteiger partial charge in [0.25, 0.3) is 6.43 Å². The predicted molar refractivity (Wildman–Crippen MR) is 70.3 cm³/mol. The van der Waals surface area contributed by atoms with Gasteiger partial charge in [-0.05, 0) is 5.56 Å². The average Bonchev–Trinajstić information content (AvgIpc) is 3.00. The van der Waals surface area contributed by atoms with E-state index >= 15 is 0 Å². The summed E-state index contributed by atoms with van der Waals surface area (Å²) in [5, 5.41) is 3.76. The Morgan fingerprint density at radius 2 is 2.05 bits per heavy atom. The lowest BCUT2D eigenvalue weighted by molar-refractivity contribution is 0.174. The average molecular weight is 315 g/mol. The minimum absolute atomic E-state index is 0.0569. The third kappa shape index (κ3) is 2.77. The SMILES string of the molecule is [O-][S+](CC(F)F)c1nc2n(n1)[C@H](c1ccccc1)C[C@@H]2F. The highest BCUT2D eigenvalue weighted by atomic mass is 32.2. The van der Waals surface area contributed by atoms with E-state index in [2.05, 4.69) is 10.1 Å². The van der Waals surface area contributed by atoms with Crippen molar-refractivity contribution < 1.29 is 17.7 Å². The van der Waals surface area contributed by atoms with Gasteiger partial charge in [0, 0.05) is 17.6 Å². The lowest BCUT2D eigenvalue weighted by Crippen LogP contribution is -2.16. The summed E-state index contributed by atoms with van der Waals surface area (Å²) in [6.45, 7) is 0. The minimum Gasteiger partial charge on any atom is -0.609 e. The van der Waals surface area contributed by atoms with Gasteiger partial charge in [0.1, 0.15) is 0 Å². The molecule has 0 saturated carbocycles. The Morgan fingerprint density at radius 3 is 2.71 bits per heavy atom. The molecule has 1 unspecified atom stereocenters. The van der Waals surface area contributed by atoms with E-state index in [0.29, 0.717) is 0 Å². The minimum atomic E-state index is -2.71. The van der Waals surface area contributed by atoms with Crippen molar-refractivity contribution in [2.24, 2.45) is 0 Å². The quantitative estimate of drug-likeness (QED) is 0.815. The Morgan fingerprint density at radius 1 is 1.33 bits per heavy atom. The zero-order valence-corrected chi connectivity index (χ0v) is 11.6. The van der Waals surface area contributed by atoms with Crippen LogP contribution in [0.3, 0.4) is 0 Å². The van der Waals surface area contributed by atoms with Gasteiger partial charge < -0.3 is 4.55 Å². The van der Waals surface area contributed by atoms with Crippen molar-refractivity contribution in [3.8, 4) is 0 Å². The molecule has 3 rings (SSSR count). The van der Waals surface area contributed by atoms with Crippen LogP contribution in [0.1, 0.15) is 30.0 Å². The van der Waals surface area contributed by atoms with Crippen molar-refractivity contribution in [3.63, 3.8) is 0 Å². The van der Waals surface area contributed by atoms with Crippen LogP contribution in [-0.4, -0.2) is 31.5 Å². The van der Waals surface area contributed by atoms with Crippen molar-refractivity contribution in [2.45, 2.75) is 30.2 Å². The summed E-state index contributed by atoms with van der Waals surface area (Å²) in [6, 6.07) is 8.83. The van der Waals surface area contributed by atoms with Gasteiger partial charge in [0.15, 0.2) is 17.7 Å². The molecule has 112 valence electrons. The molecular formula is C13H12F3N3OS. The highest BCUT2D eigenvalue weighted by Crippen LogP contribution is 2.39. The number of benzene rings is 1. The molecule has 4 nitrogen and oxygen atoms in total. The zero-order valence-electron chi connectivity index (χ0n) is 10.8. The van der Waals surface area contributed by atoms with E-state index < -0.39 is 29.5 Å². The molecule has 0 fully saturated rings. The van der Waals surface area contributed by atoms with Gasteiger partial charge in [-0.1, -0.05) is 30.3 Å². The van der Waals surface area contributed by atoms with E-state index in [-0.39, 0.29) is 23.4 Å². The maximum absolute atomic E-state index is 14.0. The molecule has 0 N–H and O–H groups in total. The molecule has 0 radical (unpaired) electrons. The number of fused-ring (bicyclic) bond motifs is 1. The number of alkyl halides is 3. The van der Waals surface area contributed by atoms with Crippen LogP contribution in [0.15, 0.2) is 35.5 Å². The molecule has 0 aliphatic carbocycles. The van der Waals surface area contributed by atoms with E-state index in [0.717, 1.165) is 5.56 Å². The van der Waals surface area contributed by atoms with Gasteiger partial charge in [0.2, 0.25) is 0 Å². The molecule has 21 heavy (non-hydrogen) atoms. The zero-order chi connectivity index (χ0) is 15.0. The molecule has 2 aromatic rings. The van der Waals surface area contributed by atoms with Gasteiger partial charge >= 0.3 is 5.16 Å². The van der Waals surface area contributed by atoms with Crippen molar-refractivity contribution in [2.75, 3.05) is 5.75 Å². The van der Waals surface area contributed by atoms with Crippen LogP contribution in [-0.2, 0) is 11.2 Å². The smallest absolute Gasteiger partial charge is 0.361 e. The van der Waals surface area contributed by atoms with Crippen molar-refractivity contribution in [1.29, 1.82) is 0 Å². The maximum Gasteiger partial charge on any atom is 0.361 e. The first-order valence-corrected chi connectivity index (χ1v) is 7.70. The Balaban J connectivity index is 1.91. The molecule has 8 heteroatoms. The van der Waals surface area contributed by atoms with Gasteiger partial charge in [0.05, 0.1) is 6.04 Å². The molecule has 0 saturated heterocycles. The molecule has 1 aromatic heterocycles. The summed E-state index contributed by atoms with van der Waals surface area (Å²) < 4.78 is 51.6. The Bertz CT molecular complexity index is 622. The fraction of sp³-hybridized carbons (Fsp3) is 0.385. The van der Waals surface area contributed by atoms with E-state index in [1.54, 1.807) is 0 Å². The first-order valence-electron chi connectivity index (χ1n) is 6.38. The number of hydrogen-bond donors (Lipinski definition) is 0. The third-order valence-corrected chi connectivity index (χ3v) is 4.44. The Hall–Kier alpha value is -1.54. The number of nitrogens with zero attached hydrogens (tertiary/aromatic N) is 3. The van der Waals surface area contributed by atoms with Crippen molar-refractivity contribution in [3.05, 3.63) is 41.7 Å². The van der Waals surface area contributed by atoms with Crippen molar-refractivity contribution >= 4 is 11.2 Å². The lowest BCUT2D eigenvalue weighted by Gasteiger charge is -2.11. The van der Waals surface area contributed by atoms with Crippen LogP contribution in [0.5, 0.6) is 0 Å². The summed E-state index contributed by atoms with van der Waals surface area (Å²) in [7, 11) is 0. The molecule has 1 aliphatic rings. The first-order chi connectivity index (χ1) is 10.1. The Kier molecular flexibility index (Phi) is 3.90. The fourth-order valence-corrected chi connectivity index (χ4v) is 3.15. The normalized spacial score (nSPS) is 22.5. The topological polar surface area (TPSA) is 53.8 Å². The lowest BCUT2D eigenvalue weighted by atomic mass is 10.0. The molecular weight excluding hydrogens is 303 g/mol. The van der Waals surface area contributed by atoms with E-state index in [9.17, 15) is 17.7 Å². The fourth-order valence-electron chi connectivity index (χ4n) is 2.40. The van der Waals surface area contributed by atoms with Gasteiger partial charge in [-0.15, -0.1) is 5.10 Å². The van der Waals surface area contributed by atoms with Crippen LogP contribution in [0, 0.1) is 0 Å². The number of rotatable bonds is 4. The number of hydrogen-bond acceptors (Lipinski definition) is 3. The summed E-state index contributed by atoms with van der Waals surface area (Å²) in [5.41, 5.74) is 0.856. The standard InChI is InChI=1S/C13H12F3N3OS/c14-9-6-10(8-4-2-1-3-5-8)19-12(9)17-13(18-19)21(20)7-11(15)16/h1-5,9-11H,6-7H2/t9-,10-,21?/m0/s1. The highest BCUT2D eigenvalue weighted by molar-refractivity contribution is 7.91. The van der Waals surface area contributed by atoms with Crippen LogP contribution < -0.4 is 0 Å². The highest BCUT2D eigenvalue weighted by Gasteiger charge is 2.38. The molecule has 0 amide bonds. The summed E-state index contributed by atoms with van der Waals surface area (Å²) in [5.74, 6) is -0.780. The summed E-state index contributed by atoms with van der Waals surface area (Å²) >= 11 is -2.02. The van der Waals surface area contributed by atoms with E-state index in [1.165, 1.54) is 4.68 Å². The second-order valence-corrected chi connectivity index (χ2v) is 6.12. The molecule has 1 aromatic carbocycles. The number of aromatic nitrogens is 3. The van der Waals surface area contributed by atoms with Crippen molar-refractivity contribution in [1.82, 2.24) is 14.8 Å². The summed E-state index contributed by atoms with van der Waals surface area (Å²) in [4.78, 5) is 3.84. The molecule has 3 atom stereocenters. The first kappa shape index (κ1) is 14.4. The van der Waals surface area contributed by atoms with Gasteiger partial charge in [-0.3, -0.25) is 0 Å². The number of halogens is 3. The third-order valence-electron chi connectivity index (χ3n) is 3.31. The van der Waals surface area contributed by atoms with Crippen LogP contribution >= 0.6 is 0 Å². The molecule has 2 heterocycles. The van der Waals surface area contributed by atoms with Crippen LogP contribution in [0.25, 0.3) is 0 Å². The van der Waals surface area contributed by atoms with E-state index in [4.69, 9.17) is 0 Å². The monoisotopic (exact) mass is 315 g/mol. The van der Waals surface area contributed by atoms with Gasteiger partial charge in [-0.25, -0.2) is 17.9 Å². The molecule has 0 bridgehead atoms. The molecule has 1 aliphatic heterocycles. The van der Waals surface area contributed by atoms with Crippen LogP contribution in [0.4, 0.5) is 13.2 Å². The summed E-state index contributed by atoms with van der Waals surface area (Å²) in [6.07, 6.45) is -3.85. The Labute approximate surface area is 122 Å². The largest absolute Gasteiger partial charge is 0.609 e. The predicted octanol–water partition coefficient (Wildman–Crippen LogP) is 2.65. The van der Waals surface area contributed by atoms with E-state index in [1.807, 2.05) is 30.3 Å². The molecule has 0 spiro atoms.